The highest BCUT2D eigenvalue weighted by Crippen LogP contribution is 2.16. The number of carboxylic acid groups (broad SMARTS) is 1. The molecule has 2 unspecified atom stereocenters. The molecule has 0 fully saturated rings. The number of carboxylic acids is 1. The van der Waals surface area contributed by atoms with Gasteiger partial charge in [0.15, 0.2) is 12.4 Å². The Hall–Kier alpha value is -3.53. The van der Waals surface area contributed by atoms with Gasteiger partial charge in [0, 0.05) is 6.42 Å². The van der Waals surface area contributed by atoms with Crippen molar-refractivity contribution in [3.8, 4) is 0 Å². The third-order valence-corrected chi connectivity index (χ3v) is 12.2. The van der Waals surface area contributed by atoms with E-state index in [1.165, 1.54) is 148 Å². The second-order valence-electron chi connectivity index (χ2n) is 20.2. The van der Waals surface area contributed by atoms with E-state index in [9.17, 15) is 19.5 Å². The van der Waals surface area contributed by atoms with Gasteiger partial charge < -0.3 is 33.3 Å². The molecule has 0 aliphatic carbocycles. The van der Waals surface area contributed by atoms with E-state index in [1.807, 2.05) is 33.3 Å². The molecule has 2 atom stereocenters. The molecule has 0 saturated heterocycles. The molecule has 0 amide bonds. The molecule has 0 aromatic heterocycles. The van der Waals surface area contributed by atoms with Gasteiger partial charge in [0.05, 0.1) is 46.7 Å². The van der Waals surface area contributed by atoms with Crippen molar-refractivity contribution in [2.45, 2.75) is 245 Å². The summed E-state index contributed by atoms with van der Waals surface area (Å²) in [6.07, 6.45) is 66.9. The molecule has 0 aliphatic heterocycles. The maximum absolute atomic E-state index is 12.7. The number of hydrogen-bond acceptors (Lipinski definition) is 8. The van der Waals surface area contributed by atoms with Crippen LogP contribution in [0.3, 0.4) is 0 Å². The van der Waals surface area contributed by atoms with Crippen LogP contribution in [0.1, 0.15) is 232 Å². The van der Waals surface area contributed by atoms with Gasteiger partial charge in [-0.25, -0.2) is 0 Å². The molecule has 0 heterocycles. The van der Waals surface area contributed by atoms with Gasteiger partial charge in [-0.1, -0.05) is 234 Å². The molecule has 0 aliphatic rings. The van der Waals surface area contributed by atoms with Crippen LogP contribution in [0.15, 0.2) is 85.1 Å². The number of carbonyl (C=O) groups is 3. The largest absolute Gasteiger partial charge is 0.545 e. The summed E-state index contributed by atoms with van der Waals surface area (Å²) in [6.45, 7) is 4.51. The monoisotopic (exact) mass is 994 g/mol. The van der Waals surface area contributed by atoms with Crippen LogP contribution in [0.4, 0.5) is 0 Å². The van der Waals surface area contributed by atoms with E-state index in [4.69, 9.17) is 18.9 Å². The Kier molecular flexibility index (Phi) is 50.2. The van der Waals surface area contributed by atoms with Gasteiger partial charge in [0.1, 0.15) is 13.2 Å². The van der Waals surface area contributed by atoms with Gasteiger partial charge in [0.2, 0.25) is 0 Å². The Morgan fingerprint density at radius 2 is 0.845 bits per heavy atom. The zero-order chi connectivity index (χ0) is 52.0. The maximum atomic E-state index is 12.7. The Morgan fingerprint density at radius 3 is 1.27 bits per heavy atom. The van der Waals surface area contributed by atoms with Crippen LogP contribution in [-0.2, 0) is 33.3 Å². The fourth-order valence-corrected chi connectivity index (χ4v) is 7.76. The van der Waals surface area contributed by atoms with Crippen LogP contribution in [0.2, 0.25) is 0 Å². The zero-order valence-corrected chi connectivity index (χ0v) is 46.3. The third kappa shape index (κ3) is 54.1. The first-order valence-corrected chi connectivity index (χ1v) is 28.7. The molecule has 408 valence electrons. The minimum atomic E-state index is -1.65. The SMILES string of the molecule is CC/C=C\C/C=C\C/C=C\C/C=C\C/C=C\CC(=O)OC(COC(=O)CCCCCCCCCCCCCCCCCCCCC/C=C\C/C=C\CCCCCCC)COC(OCC[N+](C)(C)C)C(=O)[O-]. The van der Waals surface area contributed by atoms with Crippen LogP contribution in [0.5, 0.6) is 0 Å². The molecule has 0 radical (unpaired) electrons. The lowest BCUT2D eigenvalue weighted by atomic mass is 10.0. The van der Waals surface area contributed by atoms with E-state index in [1.54, 1.807) is 6.08 Å². The smallest absolute Gasteiger partial charge is 0.310 e. The number of nitrogens with zero attached hydrogens (tertiary/aromatic N) is 1. The lowest BCUT2D eigenvalue weighted by molar-refractivity contribution is -0.870. The lowest BCUT2D eigenvalue weighted by Gasteiger charge is -2.26. The molecule has 71 heavy (non-hydrogen) atoms. The third-order valence-electron chi connectivity index (χ3n) is 12.2. The van der Waals surface area contributed by atoms with Crippen molar-refractivity contribution >= 4 is 17.9 Å². The minimum Gasteiger partial charge on any atom is -0.545 e. The number of carbonyl (C=O) groups excluding carboxylic acids is 3. The first kappa shape index (κ1) is 67.5. The number of ether oxygens (including phenoxy) is 4. The fraction of sp³-hybridized carbons (Fsp3) is 0.726. The summed E-state index contributed by atoms with van der Waals surface area (Å²) in [4.78, 5) is 37.1. The van der Waals surface area contributed by atoms with E-state index >= 15 is 0 Å². The molecule has 9 heteroatoms. The van der Waals surface area contributed by atoms with Crippen molar-refractivity contribution in [2.24, 2.45) is 0 Å². The van der Waals surface area contributed by atoms with Crippen LogP contribution < -0.4 is 5.11 Å². The molecule has 0 N–H and O–H groups in total. The predicted molar refractivity (Wildman–Crippen MR) is 297 cm³/mol. The van der Waals surface area contributed by atoms with Crippen molar-refractivity contribution in [1.29, 1.82) is 0 Å². The van der Waals surface area contributed by atoms with Crippen LogP contribution in [0.25, 0.3) is 0 Å². The van der Waals surface area contributed by atoms with Gasteiger partial charge in [-0.2, -0.15) is 0 Å². The molecular weight excluding hydrogens is 887 g/mol. The van der Waals surface area contributed by atoms with Crippen molar-refractivity contribution in [2.75, 3.05) is 47.5 Å². The van der Waals surface area contributed by atoms with E-state index in [2.05, 4.69) is 80.7 Å². The van der Waals surface area contributed by atoms with Crippen molar-refractivity contribution in [3.05, 3.63) is 85.1 Å². The molecule has 0 spiro atoms. The van der Waals surface area contributed by atoms with Crippen molar-refractivity contribution < 1.29 is 42.9 Å². The number of aliphatic carboxylic acids is 1. The number of allylic oxidation sites excluding steroid dienone is 13. The maximum Gasteiger partial charge on any atom is 0.310 e. The quantitative estimate of drug-likeness (QED) is 0.0195. The van der Waals surface area contributed by atoms with Gasteiger partial charge in [-0.05, 0) is 70.6 Å². The molecule has 0 aromatic carbocycles. The molecule has 9 nitrogen and oxygen atoms in total. The average Bonchev–Trinajstić information content (AvgIpc) is 3.34. The first-order valence-electron chi connectivity index (χ1n) is 28.7. The van der Waals surface area contributed by atoms with Crippen LogP contribution >= 0.6 is 0 Å². The van der Waals surface area contributed by atoms with E-state index in [-0.39, 0.29) is 38.6 Å². The molecular formula is C62H107NO8. The Morgan fingerprint density at radius 1 is 0.451 bits per heavy atom. The fourth-order valence-electron chi connectivity index (χ4n) is 7.76. The van der Waals surface area contributed by atoms with Gasteiger partial charge in [-0.3, -0.25) is 9.59 Å². The number of quaternary nitrogens is 1. The highest BCUT2D eigenvalue weighted by molar-refractivity contribution is 5.71. The topological polar surface area (TPSA) is 111 Å². The molecule has 0 rings (SSSR count). The van der Waals surface area contributed by atoms with Crippen LogP contribution in [0, 0.1) is 0 Å². The summed E-state index contributed by atoms with van der Waals surface area (Å²) in [5, 5.41) is 11.7. The second-order valence-corrected chi connectivity index (χ2v) is 20.2. The summed E-state index contributed by atoms with van der Waals surface area (Å²) in [5.74, 6) is -2.45. The summed E-state index contributed by atoms with van der Waals surface area (Å²) < 4.78 is 22.5. The number of rotatable bonds is 52. The highest BCUT2D eigenvalue weighted by atomic mass is 16.7. The molecule has 0 saturated carbocycles. The summed E-state index contributed by atoms with van der Waals surface area (Å²) in [6, 6.07) is 0. The first-order chi connectivity index (χ1) is 34.6. The standard InChI is InChI=1S/C62H107NO8/c1-6-8-10-12-14-16-18-20-22-23-24-25-26-27-28-29-30-31-32-33-34-35-36-37-39-40-42-44-46-48-50-52-59(64)69-56-58(57-70-62(61(66)67)68-55-54-63(3,4)5)71-60(65)53-51-49-47-45-43-41-38-21-19-17-15-13-11-9-7-2/h9,11,15,17-18,20-21,23-24,38,43,45,49,51,58,62H,6-8,10,12-14,16,19,22,25-37,39-42,44,46-48,50,52-57H2,1-5H3/b11-9-,17-15-,20-18-,24-23-,38-21-,45-43-,51-49-. The van der Waals surface area contributed by atoms with E-state index < -0.39 is 24.3 Å². The lowest BCUT2D eigenvalue weighted by Crippen LogP contribution is -2.44. The van der Waals surface area contributed by atoms with Gasteiger partial charge in [-0.15, -0.1) is 0 Å². The second kappa shape index (κ2) is 52.8. The normalized spacial score (nSPS) is 13.4. The number of likely N-dealkylation sites (N-methyl/N-ethyl adjacent to an activating group) is 1. The van der Waals surface area contributed by atoms with Crippen molar-refractivity contribution in [1.82, 2.24) is 0 Å². The zero-order valence-electron chi connectivity index (χ0n) is 46.3. The Bertz CT molecular complexity index is 1440. The number of unbranched alkanes of at least 4 members (excludes halogenated alkanes) is 24. The van der Waals surface area contributed by atoms with Crippen molar-refractivity contribution in [3.63, 3.8) is 0 Å². The molecule has 0 aromatic rings. The predicted octanol–water partition coefficient (Wildman–Crippen LogP) is 15.5. The Balaban J connectivity index is 4.17. The number of hydrogen-bond donors (Lipinski definition) is 0. The highest BCUT2D eigenvalue weighted by Gasteiger charge is 2.21. The number of esters is 2. The van der Waals surface area contributed by atoms with Gasteiger partial charge in [0.25, 0.3) is 0 Å². The average molecular weight is 995 g/mol. The Labute approximate surface area is 436 Å². The summed E-state index contributed by atoms with van der Waals surface area (Å²) >= 11 is 0. The molecule has 0 bridgehead atoms. The van der Waals surface area contributed by atoms with E-state index in [0.29, 0.717) is 17.4 Å². The van der Waals surface area contributed by atoms with Crippen LogP contribution in [-0.4, -0.2) is 82.3 Å². The summed E-state index contributed by atoms with van der Waals surface area (Å²) in [7, 11) is 5.89. The summed E-state index contributed by atoms with van der Waals surface area (Å²) in [5.41, 5.74) is 0. The minimum absolute atomic E-state index is 0.0133. The van der Waals surface area contributed by atoms with E-state index in [0.717, 1.165) is 51.4 Å². The van der Waals surface area contributed by atoms with Gasteiger partial charge >= 0.3 is 11.9 Å².